The van der Waals surface area contributed by atoms with E-state index in [0.29, 0.717) is 24.4 Å². The second-order valence-electron chi connectivity index (χ2n) is 5.14. The summed E-state index contributed by atoms with van der Waals surface area (Å²) >= 11 is 0. The van der Waals surface area contributed by atoms with Crippen molar-refractivity contribution in [1.82, 2.24) is 15.0 Å². The number of hydrogen-bond donors (Lipinski definition) is 3. The molecule has 2 rings (SSSR count). The first kappa shape index (κ1) is 16.9. The molecule has 0 bridgehead atoms. The summed E-state index contributed by atoms with van der Waals surface area (Å²) in [5, 5.41) is 9.48. The molecule has 0 fully saturated rings. The molecular weight excluding hydrogens is 295 g/mol. The maximum absolute atomic E-state index is 12.9. The van der Waals surface area contributed by atoms with E-state index in [1.807, 2.05) is 0 Å². The minimum atomic E-state index is -0.244. The molecular formula is C16H23FN6. The van der Waals surface area contributed by atoms with Gasteiger partial charge in [-0.15, -0.1) is 0 Å². The van der Waals surface area contributed by atoms with Gasteiger partial charge in [-0.2, -0.15) is 15.0 Å². The first-order valence-corrected chi connectivity index (χ1v) is 7.93. The molecule has 0 spiro atoms. The molecule has 1 aromatic heterocycles. The standard InChI is InChI=1S/C16H23FN6/c1-3-9-18-14-21-15(19-10-4-2)23-16(22-14)20-11-12-5-7-13(17)8-6-12/h5-8H,3-4,9-11H2,1-2H3,(H3,18,19,20,21,22,23). The van der Waals surface area contributed by atoms with Crippen molar-refractivity contribution in [3.05, 3.63) is 35.6 Å². The molecule has 1 heterocycles. The third-order valence-electron chi connectivity index (χ3n) is 3.07. The Morgan fingerprint density at radius 2 is 1.26 bits per heavy atom. The Labute approximate surface area is 136 Å². The SMILES string of the molecule is CCCNc1nc(NCCC)nc(NCc2ccc(F)cc2)n1. The van der Waals surface area contributed by atoms with Gasteiger partial charge in [0.15, 0.2) is 0 Å². The maximum Gasteiger partial charge on any atom is 0.229 e. The molecule has 124 valence electrons. The number of anilines is 3. The minimum Gasteiger partial charge on any atom is -0.354 e. The van der Waals surface area contributed by atoms with Crippen molar-refractivity contribution in [3.8, 4) is 0 Å². The van der Waals surface area contributed by atoms with Crippen LogP contribution in [-0.4, -0.2) is 28.0 Å². The molecule has 3 N–H and O–H groups in total. The zero-order valence-electron chi connectivity index (χ0n) is 13.6. The second-order valence-corrected chi connectivity index (χ2v) is 5.14. The van der Waals surface area contributed by atoms with E-state index in [-0.39, 0.29) is 5.82 Å². The number of halogens is 1. The fourth-order valence-corrected chi connectivity index (χ4v) is 1.87. The summed E-state index contributed by atoms with van der Waals surface area (Å²) in [4.78, 5) is 13.0. The summed E-state index contributed by atoms with van der Waals surface area (Å²) in [6.07, 6.45) is 1.98. The Hall–Kier alpha value is -2.44. The lowest BCUT2D eigenvalue weighted by molar-refractivity contribution is 0.627. The first-order chi connectivity index (χ1) is 11.2. The van der Waals surface area contributed by atoms with E-state index in [4.69, 9.17) is 0 Å². The predicted molar refractivity (Wildman–Crippen MR) is 91.1 cm³/mol. The smallest absolute Gasteiger partial charge is 0.229 e. The van der Waals surface area contributed by atoms with Gasteiger partial charge in [0, 0.05) is 19.6 Å². The molecule has 0 aliphatic carbocycles. The number of rotatable bonds is 9. The van der Waals surface area contributed by atoms with Gasteiger partial charge in [-0.3, -0.25) is 0 Å². The molecule has 2 aromatic rings. The van der Waals surface area contributed by atoms with Crippen molar-refractivity contribution in [2.24, 2.45) is 0 Å². The van der Waals surface area contributed by atoms with Crippen LogP contribution < -0.4 is 16.0 Å². The highest BCUT2D eigenvalue weighted by Crippen LogP contribution is 2.11. The highest BCUT2D eigenvalue weighted by molar-refractivity contribution is 5.42. The molecule has 0 aliphatic heterocycles. The molecule has 0 aliphatic rings. The monoisotopic (exact) mass is 318 g/mol. The van der Waals surface area contributed by atoms with Crippen molar-refractivity contribution < 1.29 is 4.39 Å². The number of nitrogens with one attached hydrogen (secondary N) is 3. The van der Waals surface area contributed by atoms with Gasteiger partial charge in [0.05, 0.1) is 0 Å². The molecule has 0 saturated carbocycles. The van der Waals surface area contributed by atoms with Crippen molar-refractivity contribution in [1.29, 1.82) is 0 Å². The van der Waals surface area contributed by atoms with Crippen molar-refractivity contribution in [3.63, 3.8) is 0 Å². The van der Waals surface area contributed by atoms with Crippen molar-refractivity contribution in [2.75, 3.05) is 29.0 Å². The quantitative estimate of drug-likeness (QED) is 0.659. The number of hydrogen-bond acceptors (Lipinski definition) is 6. The number of aromatic nitrogens is 3. The van der Waals surface area contributed by atoms with Crippen LogP contribution in [0.3, 0.4) is 0 Å². The lowest BCUT2D eigenvalue weighted by Crippen LogP contribution is -2.13. The lowest BCUT2D eigenvalue weighted by Gasteiger charge is -2.10. The van der Waals surface area contributed by atoms with Gasteiger partial charge < -0.3 is 16.0 Å². The Morgan fingerprint density at radius 1 is 0.783 bits per heavy atom. The lowest BCUT2D eigenvalue weighted by atomic mass is 10.2. The molecule has 7 heteroatoms. The summed E-state index contributed by atoms with van der Waals surface area (Å²) in [6, 6.07) is 6.34. The topological polar surface area (TPSA) is 74.8 Å². The average Bonchev–Trinajstić information content (AvgIpc) is 2.57. The Bertz CT molecular complexity index is 576. The van der Waals surface area contributed by atoms with Crippen LogP contribution in [0.25, 0.3) is 0 Å². The predicted octanol–water partition coefficient (Wildman–Crippen LogP) is 3.27. The molecule has 23 heavy (non-hydrogen) atoms. The molecule has 0 unspecified atom stereocenters. The summed E-state index contributed by atoms with van der Waals surface area (Å²) in [5.74, 6) is 1.33. The highest BCUT2D eigenvalue weighted by atomic mass is 19.1. The maximum atomic E-state index is 12.9. The Balaban J connectivity index is 2.06. The van der Waals surface area contributed by atoms with Gasteiger partial charge in [-0.25, -0.2) is 4.39 Å². The third-order valence-corrected chi connectivity index (χ3v) is 3.07. The van der Waals surface area contributed by atoms with E-state index in [9.17, 15) is 4.39 Å². The van der Waals surface area contributed by atoms with E-state index in [2.05, 4.69) is 44.7 Å². The van der Waals surface area contributed by atoms with Crippen LogP contribution >= 0.6 is 0 Å². The molecule has 1 aromatic carbocycles. The molecule has 0 amide bonds. The molecule has 6 nitrogen and oxygen atoms in total. The summed E-state index contributed by atoms with van der Waals surface area (Å²) in [5.41, 5.74) is 0.956. The van der Waals surface area contributed by atoms with Gasteiger partial charge in [-0.1, -0.05) is 26.0 Å². The van der Waals surface area contributed by atoms with Gasteiger partial charge in [0.2, 0.25) is 17.8 Å². The molecule has 0 saturated heterocycles. The summed E-state index contributed by atoms with van der Waals surface area (Å²) < 4.78 is 12.9. The van der Waals surface area contributed by atoms with E-state index < -0.39 is 0 Å². The van der Waals surface area contributed by atoms with E-state index in [0.717, 1.165) is 31.5 Å². The van der Waals surface area contributed by atoms with Crippen LogP contribution in [0.4, 0.5) is 22.2 Å². The zero-order valence-corrected chi connectivity index (χ0v) is 13.6. The highest BCUT2D eigenvalue weighted by Gasteiger charge is 2.06. The van der Waals surface area contributed by atoms with E-state index in [1.54, 1.807) is 12.1 Å². The van der Waals surface area contributed by atoms with Crippen molar-refractivity contribution >= 4 is 17.8 Å². The third kappa shape index (κ3) is 5.69. The van der Waals surface area contributed by atoms with Crippen LogP contribution in [0, 0.1) is 5.82 Å². The second kappa shape index (κ2) is 8.87. The fraction of sp³-hybridized carbons (Fsp3) is 0.438. The Morgan fingerprint density at radius 3 is 1.74 bits per heavy atom. The minimum absolute atomic E-state index is 0.244. The van der Waals surface area contributed by atoms with Gasteiger partial charge in [0.1, 0.15) is 5.82 Å². The number of nitrogens with zero attached hydrogens (tertiary/aromatic N) is 3. The fourth-order valence-electron chi connectivity index (χ4n) is 1.87. The largest absolute Gasteiger partial charge is 0.354 e. The summed E-state index contributed by atoms with van der Waals surface area (Å²) in [6.45, 7) is 6.28. The van der Waals surface area contributed by atoms with Crippen LogP contribution in [0.15, 0.2) is 24.3 Å². The van der Waals surface area contributed by atoms with E-state index >= 15 is 0 Å². The van der Waals surface area contributed by atoms with Crippen molar-refractivity contribution in [2.45, 2.75) is 33.2 Å². The van der Waals surface area contributed by atoms with Crippen LogP contribution in [-0.2, 0) is 6.54 Å². The molecule has 0 radical (unpaired) electrons. The zero-order chi connectivity index (χ0) is 16.5. The first-order valence-electron chi connectivity index (χ1n) is 7.93. The van der Waals surface area contributed by atoms with E-state index in [1.165, 1.54) is 12.1 Å². The van der Waals surface area contributed by atoms with Gasteiger partial charge >= 0.3 is 0 Å². The Kier molecular flexibility index (Phi) is 6.53. The van der Waals surface area contributed by atoms with Crippen LogP contribution in [0.2, 0.25) is 0 Å². The van der Waals surface area contributed by atoms with Crippen LogP contribution in [0.1, 0.15) is 32.3 Å². The van der Waals surface area contributed by atoms with Gasteiger partial charge in [-0.05, 0) is 30.5 Å². The summed E-state index contributed by atoms with van der Waals surface area (Å²) in [7, 11) is 0. The normalized spacial score (nSPS) is 10.4. The average molecular weight is 318 g/mol. The molecule has 0 atom stereocenters. The van der Waals surface area contributed by atoms with Gasteiger partial charge in [0.25, 0.3) is 0 Å². The number of benzene rings is 1. The van der Waals surface area contributed by atoms with Crippen LogP contribution in [0.5, 0.6) is 0 Å².